The van der Waals surface area contributed by atoms with Gasteiger partial charge in [0.05, 0.1) is 11.6 Å². The van der Waals surface area contributed by atoms with Crippen LogP contribution in [0.5, 0.6) is 0 Å². The normalized spacial score (nSPS) is 11.9. The molecule has 1 aromatic carbocycles. The molecule has 104 valence electrons. The van der Waals surface area contributed by atoms with E-state index in [4.69, 9.17) is 11.6 Å². The molecule has 1 N–H and O–H groups in total. The van der Waals surface area contributed by atoms with Crippen molar-refractivity contribution >= 4 is 17.5 Å². The summed E-state index contributed by atoms with van der Waals surface area (Å²) in [6, 6.07) is 13.3. The van der Waals surface area contributed by atoms with E-state index in [1.807, 2.05) is 30.3 Å². The van der Waals surface area contributed by atoms with Crippen LogP contribution in [0.2, 0.25) is 5.15 Å². The van der Waals surface area contributed by atoms with E-state index in [0.29, 0.717) is 10.7 Å². The number of nitrogens with zero attached hydrogens (tertiary/aromatic N) is 1. The maximum Gasteiger partial charge on any atom is 0.253 e. The van der Waals surface area contributed by atoms with Gasteiger partial charge in [-0.05, 0) is 24.1 Å². The van der Waals surface area contributed by atoms with Crippen molar-refractivity contribution in [2.24, 2.45) is 0 Å². The molecule has 2 aromatic rings. The predicted octanol–water partition coefficient (Wildman–Crippen LogP) is 4.01. The molecule has 0 saturated heterocycles. The molecule has 4 heteroatoms. The van der Waals surface area contributed by atoms with Crippen LogP contribution < -0.4 is 5.32 Å². The minimum absolute atomic E-state index is 0.0179. The summed E-state index contributed by atoms with van der Waals surface area (Å²) in [6.45, 7) is 2.10. The van der Waals surface area contributed by atoms with E-state index in [1.54, 1.807) is 12.1 Å². The van der Waals surface area contributed by atoms with Gasteiger partial charge in [-0.15, -0.1) is 0 Å². The first kappa shape index (κ1) is 14.5. The summed E-state index contributed by atoms with van der Waals surface area (Å²) in [5, 5.41) is 3.43. The van der Waals surface area contributed by atoms with Gasteiger partial charge in [0.25, 0.3) is 5.91 Å². The Kier molecular flexibility index (Phi) is 5.13. The number of amides is 1. The SMILES string of the molecule is CCC[C@H](NC(=O)c1ccc(Cl)nc1)c1ccccc1. The number of pyridine rings is 1. The van der Waals surface area contributed by atoms with Crippen molar-refractivity contribution in [1.29, 1.82) is 0 Å². The Labute approximate surface area is 124 Å². The molecule has 1 amide bonds. The maximum absolute atomic E-state index is 12.2. The molecular formula is C16H17ClN2O. The van der Waals surface area contributed by atoms with Gasteiger partial charge in [0, 0.05) is 6.20 Å². The van der Waals surface area contributed by atoms with Gasteiger partial charge in [-0.3, -0.25) is 4.79 Å². The molecule has 2 rings (SSSR count). The molecule has 1 aromatic heterocycles. The van der Waals surface area contributed by atoms with E-state index in [1.165, 1.54) is 6.20 Å². The van der Waals surface area contributed by atoms with Gasteiger partial charge < -0.3 is 5.32 Å². The molecular weight excluding hydrogens is 272 g/mol. The first-order chi connectivity index (χ1) is 9.70. The first-order valence-corrected chi connectivity index (χ1v) is 7.06. The van der Waals surface area contributed by atoms with Crippen LogP contribution in [-0.4, -0.2) is 10.9 Å². The molecule has 3 nitrogen and oxygen atoms in total. The number of benzene rings is 1. The zero-order valence-corrected chi connectivity index (χ0v) is 12.1. The lowest BCUT2D eigenvalue weighted by atomic mass is 10.0. The number of hydrogen-bond acceptors (Lipinski definition) is 2. The molecule has 1 heterocycles. The summed E-state index contributed by atoms with van der Waals surface area (Å²) in [5.41, 5.74) is 1.64. The quantitative estimate of drug-likeness (QED) is 0.845. The van der Waals surface area contributed by atoms with Crippen molar-refractivity contribution in [3.05, 3.63) is 64.9 Å². The van der Waals surface area contributed by atoms with E-state index >= 15 is 0 Å². The van der Waals surface area contributed by atoms with Gasteiger partial charge in [0.15, 0.2) is 0 Å². The Bertz CT molecular complexity index is 554. The highest BCUT2D eigenvalue weighted by atomic mass is 35.5. The zero-order chi connectivity index (χ0) is 14.4. The zero-order valence-electron chi connectivity index (χ0n) is 11.3. The first-order valence-electron chi connectivity index (χ1n) is 6.68. The highest BCUT2D eigenvalue weighted by Crippen LogP contribution is 2.19. The van der Waals surface area contributed by atoms with Crippen LogP contribution in [0.3, 0.4) is 0 Å². The molecule has 0 saturated carbocycles. The fraction of sp³-hybridized carbons (Fsp3) is 0.250. The van der Waals surface area contributed by atoms with Crippen molar-refractivity contribution in [1.82, 2.24) is 10.3 Å². The molecule has 1 atom stereocenters. The van der Waals surface area contributed by atoms with Crippen molar-refractivity contribution in [2.45, 2.75) is 25.8 Å². The average molecular weight is 289 g/mol. The van der Waals surface area contributed by atoms with Crippen molar-refractivity contribution in [3.8, 4) is 0 Å². The number of halogens is 1. The number of rotatable bonds is 5. The lowest BCUT2D eigenvalue weighted by Crippen LogP contribution is -2.28. The van der Waals surface area contributed by atoms with Crippen LogP contribution >= 0.6 is 11.6 Å². The standard InChI is InChI=1S/C16H17ClN2O/c1-2-6-14(12-7-4-3-5-8-12)19-16(20)13-9-10-15(17)18-11-13/h3-5,7-11,14H,2,6H2,1H3,(H,19,20)/t14-/m0/s1. The fourth-order valence-corrected chi connectivity index (χ4v) is 2.16. The number of carbonyl (C=O) groups excluding carboxylic acids is 1. The van der Waals surface area contributed by atoms with Gasteiger partial charge in [-0.2, -0.15) is 0 Å². The number of aromatic nitrogens is 1. The van der Waals surface area contributed by atoms with Crippen LogP contribution in [0.1, 0.15) is 41.7 Å². The molecule has 0 bridgehead atoms. The molecule has 0 radical (unpaired) electrons. The largest absolute Gasteiger partial charge is 0.345 e. The molecule has 0 aliphatic carbocycles. The Morgan fingerprint density at radius 3 is 2.60 bits per heavy atom. The van der Waals surface area contributed by atoms with Gasteiger partial charge in [-0.1, -0.05) is 55.3 Å². The van der Waals surface area contributed by atoms with Crippen LogP contribution in [0.25, 0.3) is 0 Å². The topological polar surface area (TPSA) is 42.0 Å². The average Bonchev–Trinajstić information content (AvgIpc) is 2.48. The summed E-state index contributed by atoms with van der Waals surface area (Å²) in [7, 11) is 0. The van der Waals surface area contributed by atoms with Crippen LogP contribution in [0.15, 0.2) is 48.7 Å². The Hall–Kier alpha value is -1.87. The Balaban J connectivity index is 2.12. The second-order valence-electron chi connectivity index (χ2n) is 4.60. The molecule has 0 fully saturated rings. The lowest BCUT2D eigenvalue weighted by Gasteiger charge is -2.18. The monoisotopic (exact) mass is 288 g/mol. The maximum atomic E-state index is 12.2. The third-order valence-electron chi connectivity index (χ3n) is 3.07. The third kappa shape index (κ3) is 3.81. The summed E-state index contributed by atoms with van der Waals surface area (Å²) in [6.07, 6.45) is 3.39. The second kappa shape index (κ2) is 7.06. The Morgan fingerprint density at radius 1 is 1.25 bits per heavy atom. The third-order valence-corrected chi connectivity index (χ3v) is 3.30. The van der Waals surface area contributed by atoms with Crippen molar-refractivity contribution in [2.75, 3.05) is 0 Å². The minimum Gasteiger partial charge on any atom is -0.345 e. The van der Waals surface area contributed by atoms with Gasteiger partial charge in [0.2, 0.25) is 0 Å². The van der Waals surface area contributed by atoms with E-state index in [9.17, 15) is 4.79 Å². The van der Waals surface area contributed by atoms with Crippen molar-refractivity contribution in [3.63, 3.8) is 0 Å². The number of hydrogen-bond donors (Lipinski definition) is 1. The van der Waals surface area contributed by atoms with Crippen LogP contribution in [0, 0.1) is 0 Å². The van der Waals surface area contributed by atoms with Gasteiger partial charge in [0.1, 0.15) is 5.15 Å². The smallest absolute Gasteiger partial charge is 0.253 e. The molecule has 0 aliphatic rings. The molecule has 0 unspecified atom stereocenters. The number of nitrogens with one attached hydrogen (secondary N) is 1. The summed E-state index contributed by atoms with van der Waals surface area (Å²) in [4.78, 5) is 16.2. The minimum atomic E-state index is -0.128. The number of carbonyl (C=O) groups is 1. The van der Waals surface area contributed by atoms with E-state index in [0.717, 1.165) is 18.4 Å². The van der Waals surface area contributed by atoms with Crippen molar-refractivity contribution < 1.29 is 4.79 Å². The lowest BCUT2D eigenvalue weighted by molar-refractivity contribution is 0.0934. The van der Waals surface area contributed by atoms with Gasteiger partial charge in [-0.25, -0.2) is 4.98 Å². The highest BCUT2D eigenvalue weighted by molar-refractivity contribution is 6.29. The predicted molar refractivity (Wildman–Crippen MR) is 80.8 cm³/mol. The summed E-state index contributed by atoms with van der Waals surface area (Å²) in [5.74, 6) is -0.128. The second-order valence-corrected chi connectivity index (χ2v) is 4.98. The molecule has 0 spiro atoms. The van der Waals surface area contributed by atoms with Crippen LogP contribution in [0.4, 0.5) is 0 Å². The summed E-state index contributed by atoms with van der Waals surface area (Å²) < 4.78 is 0. The summed E-state index contributed by atoms with van der Waals surface area (Å²) >= 11 is 5.72. The van der Waals surface area contributed by atoms with Gasteiger partial charge >= 0.3 is 0 Å². The fourth-order valence-electron chi connectivity index (χ4n) is 2.05. The molecule has 0 aliphatic heterocycles. The van der Waals surface area contributed by atoms with E-state index in [-0.39, 0.29) is 11.9 Å². The molecule has 20 heavy (non-hydrogen) atoms. The Morgan fingerprint density at radius 2 is 2.00 bits per heavy atom. The van der Waals surface area contributed by atoms with Crippen LogP contribution in [-0.2, 0) is 0 Å². The highest BCUT2D eigenvalue weighted by Gasteiger charge is 2.14. The van der Waals surface area contributed by atoms with E-state index in [2.05, 4.69) is 17.2 Å². The van der Waals surface area contributed by atoms with E-state index < -0.39 is 0 Å².